The summed E-state index contributed by atoms with van der Waals surface area (Å²) in [6.07, 6.45) is 1.65. The maximum atomic E-state index is 12.3. The zero-order valence-electron chi connectivity index (χ0n) is 14.3. The number of aryl methyl sites for hydroxylation is 1. The second kappa shape index (κ2) is 8.13. The van der Waals surface area contributed by atoms with Crippen molar-refractivity contribution >= 4 is 45.2 Å². The molecule has 0 unspecified atom stereocenters. The van der Waals surface area contributed by atoms with E-state index in [-0.39, 0.29) is 15.7 Å². The molecular weight excluding hydrogens is 405 g/mol. The Morgan fingerprint density at radius 2 is 1.59 bits per heavy atom. The standard InChI is InChI=1S/C20H15Cl2NO3S/c1-14-2-7-17(8-3-14)23-13-15-4-11-20(19(22)12-15)26-27(24,25)18-9-5-16(21)6-10-18/h2-13H,1H3. The molecule has 0 bridgehead atoms. The van der Waals surface area contributed by atoms with Crippen molar-refractivity contribution in [1.29, 1.82) is 0 Å². The molecule has 0 atom stereocenters. The molecule has 3 aromatic carbocycles. The van der Waals surface area contributed by atoms with E-state index in [4.69, 9.17) is 27.4 Å². The van der Waals surface area contributed by atoms with Crippen LogP contribution in [0.25, 0.3) is 0 Å². The zero-order valence-corrected chi connectivity index (χ0v) is 16.6. The van der Waals surface area contributed by atoms with Crippen molar-refractivity contribution < 1.29 is 12.6 Å². The maximum absolute atomic E-state index is 12.3. The molecule has 4 nitrogen and oxygen atoms in total. The van der Waals surface area contributed by atoms with Crippen molar-refractivity contribution in [2.75, 3.05) is 0 Å². The van der Waals surface area contributed by atoms with Crippen LogP contribution >= 0.6 is 23.2 Å². The Bertz CT molecular complexity index is 1080. The number of halogens is 2. The quantitative estimate of drug-likeness (QED) is 0.386. The Balaban J connectivity index is 1.78. The van der Waals surface area contributed by atoms with Gasteiger partial charge in [-0.3, -0.25) is 4.99 Å². The number of hydrogen-bond donors (Lipinski definition) is 0. The van der Waals surface area contributed by atoms with Gasteiger partial charge >= 0.3 is 10.1 Å². The Morgan fingerprint density at radius 3 is 2.22 bits per heavy atom. The van der Waals surface area contributed by atoms with Gasteiger partial charge in [-0.1, -0.05) is 40.9 Å². The van der Waals surface area contributed by atoms with Crippen LogP contribution in [0.4, 0.5) is 5.69 Å². The van der Waals surface area contributed by atoms with Crippen molar-refractivity contribution in [2.45, 2.75) is 11.8 Å². The fraction of sp³-hybridized carbons (Fsp3) is 0.0500. The summed E-state index contributed by atoms with van der Waals surface area (Å²) in [4.78, 5) is 4.36. The van der Waals surface area contributed by atoms with Crippen molar-refractivity contribution in [3.63, 3.8) is 0 Å². The molecule has 7 heteroatoms. The van der Waals surface area contributed by atoms with E-state index in [2.05, 4.69) is 4.99 Å². The van der Waals surface area contributed by atoms with Crippen LogP contribution in [0.1, 0.15) is 11.1 Å². The van der Waals surface area contributed by atoms with E-state index >= 15 is 0 Å². The van der Waals surface area contributed by atoms with E-state index in [9.17, 15) is 8.42 Å². The highest BCUT2D eigenvalue weighted by atomic mass is 35.5. The third-order valence-electron chi connectivity index (χ3n) is 3.65. The summed E-state index contributed by atoms with van der Waals surface area (Å²) in [5, 5.41) is 0.601. The Morgan fingerprint density at radius 1 is 0.926 bits per heavy atom. The van der Waals surface area contributed by atoms with Crippen LogP contribution in [0.2, 0.25) is 10.0 Å². The van der Waals surface area contributed by atoms with Gasteiger partial charge in [0, 0.05) is 11.2 Å². The minimum atomic E-state index is -4.00. The average molecular weight is 420 g/mol. The highest BCUT2D eigenvalue weighted by Crippen LogP contribution is 2.28. The fourth-order valence-corrected chi connectivity index (χ4v) is 3.56. The lowest BCUT2D eigenvalue weighted by Crippen LogP contribution is -2.10. The highest BCUT2D eigenvalue weighted by molar-refractivity contribution is 7.87. The van der Waals surface area contributed by atoms with Gasteiger partial charge < -0.3 is 4.18 Å². The minimum absolute atomic E-state index is 0.00650. The summed E-state index contributed by atoms with van der Waals surface area (Å²) in [5.74, 6) is 0.0408. The smallest absolute Gasteiger partial charge is 0.339 e. The van der Waals surface area contributed by atoms with Crippen molar-refractivity contribution in [2.24, 2.45) is 4.99 Å². The molecule has 0 fully saturated rings. The molecule has 0 spiro atoms. The second-order valence-electron chi connectivity index (χ2n) is 5.77. The van der Waals surface area contributed by atoms with E-state index < -0.39 is 10.1 Å². The second-order valence-corrected chi connectivity index (χ2v) is 8.16. The molecule has 27 heavy (non-hydrogen) atoms. The highest BCUT2D eigenvalue weighted by Gasteiger charge is 2.18. The molecule has 0 saturated heterocycles. The molecule has 0 radical (unpaired) electrons. The van der Waals surface area contributed by atoms with E-state index in [1.807, 2.05) is 31.2 Å². The van der Waals surface area contributed by atoms with Gasteiger partial charge in [0.05, 0.1) is 10.7 Å². The third-order valence-corrected chi connectivity index (χ3v) is 5.45. The first-order valence-corrected chi connectivity index (χ1v) is 10.1. The van der Waals surface area contributed by atoms with Gasteiger partial charge in [0.1, 0.15) is 4.90 Å². The predicted molar refractivity (Wildman–Crippen MR) is 109 cm³/mol. The molecule has 0 saturated carbocycles. The molecule has 0 heterocycles. The molecule has 0 N–H and O–H groups in total. The molecule has 138 valence electrons. The van der Waals surface area contributed by atoms with E-state index in [0.717, 1.165) is 16.8 Å². The molecular formula is C20H15Cl2NO3S. The summed E-state index contributed by atoms with van der Waals surface area (Å²) in [6.45, 7) is 2.00. The summed E-state index contributed by atoms with van der Waals surface area (Å²) < 4.78 is 29.8. The van der Waals surface area contributed by atoms with Gasteiger partial charge in [-0.05, 0) is 67.1 Å². The van der Waals surface area contributed by atoms with Gasteiger partial charge in [-0.2, -0.15) is 8.42 Å². The summed E-state index contributed by atoms with van der Waals surface area (Å²) in [5.41, 5.74) is 2.68. The number of aliphatic imine (C=N–C) groups is 1. The summed E-state index contributed by atoms with van der Waals surface area (Å²) >= 11 is 12.0. The topological polar surface area (TPSA) is 55.7 Å². The van der Waals surface area contributed by atoms with Gasteiger partial charge in [0.2, 0.25) is 0 Å². The third kappa shape index (κ3) is 5.10. The normalized spacial score (nSPS) is 11.7. The Kier molecular flexibility index (Phi) is 5.85. The molecule has 3 aromatic rings. The number of nitrogens with zero attached hydrogens (tertiary/aromatic N) is 1. The monoisotopic (exact) mass is 419 g/mol. The van der Waals surface area contributed by atoms with E-state index in [0.29, 0.717) is 5.02 Å². The molecule has 0 aliphatic heterocycles. The molecule has 3 rings (SSSR count). The van der Waals surface area contributed by atoms with Crippen LogP contribution in [-0.4, -0.2) is 14.6 Å². The summed E-state index contributed by atoms with van der Waals surface area (Å²) in [6, 6.07) is 18.2. The van der Waals surface area contributed by atoms with Crippen LogP contribution in [0.15, 0.2) is 76.6 Å². The first-order chi connectivity index (χ1) is 12.8. The molecule has 0 aliphatic rings. The van der Waals surface area contributed by atoms with E-state index in [1.165, 1.54) is 30.3 Å². The molecule has 0 aliphatic carbocycles. The van der Waals surface area contributed by atoms with Gasteiger partial charge in [0.15, 0.2) is 5.75 Å². The van der Waals surface area contributed by atoms with Crippen LogP contribution in [0.3, 0.4) is 0 Å². The maximum Gasteiger partial charge on any atom is 0.339 e. The van der Waals surface area contributed by atoms with Crippen molar-refractivity contribution in [1.82, 2.24) is 0 Å². The lowest BCUT2D eigenvalue weighted by atomic mass is 10.2. The summed E-state index contributed by atoms with van der Waals surface area (Å²) in [7, 11) is -4.00. The minimum Gasteiger partial charge on any atom is -0.377 e. The Hall–Kier alpha value is -2.34. The van der Waals surface area contributed by atoms with Gasteiger partial charge in [-0.25, -0.2) is 0 Å². The van der Waals surface area contributed by atoms with Crippen LogP contribution in [0.5, 0.6) is 5.75 Å². The SMILES string of the molecule is Cc1ccc(N=Cc2ccc(OS(=O)(=O)c3ccc(Cl)cc3)c(Cl)c2)cc1. The lowest BCUT2D eigenvalue weighted by Gasteiger charge is -2.09. The first-order valence-electron chi connectivity index (χ1n) is 7.94. The van der Waals surface area contributed by atoms with Crippen LogP contribution in [-0.2, 0) is 10.1 Å². The van der Waals surface area contributed by atoms with Crippen LogP contribution < -0.4 is 4.18 Å². The number of benzene rings is 3. The average Bonchev–Trinajstić information content (AvgIpc) is 2.63. The molecule has 0 amide bonds. The lowest BCUT2D eigenvalue weighted by molar-refractivity contribution is 0.486. The van der Waals surface area contributed by atoms with Crippen LogP contribution in [0, 0.1) is 6.92 Å². The Labute approximate surface area is 168 Å². The molecule has 0 aromatic heterocycles. The number of rotatable bonds is 5. The van der Waals surface area contributed by atoms with Gasteiger partial charge in [-0.15, -0.1) is 0 Å². The largest absolute Gasteiger partial charge is 0.377 e. The van der Waals surface area contributed by atoms with E-state index in [1.54, 1.807) is 18.3 Å². The van der Waals surface area contributed by atoms with Crippen molar-refractivity contribution in [3.8, 4) is 5.75 Å². The predicted octanol–water partition coefficient (Wildman–Crippen LogP) is 5.82. The van der Waals surface area contributed by atoms with Gasteiger partial charge in [0.25, 0.3) is 0 Å². The first kappa shape index (κ1) is 19.4. The fourth-order valence-electron chi connectivity index (χ4n) is 2.21. The zero-order chi connectivity index (χ0) is 19.4. The van der Waals surface area contributed by atoms with Crippen molar-refractivity contribution in [3.05, 3.63) is 87.9 Å². The number of hydrogen-bond acceptors (Lipinski definition) is 4.